The van der Waals surface area contributed by atoms with Gasteiger partial charge in [0.2, 0.25) is 11.8 Å². The Labute approximate surface area is 136 Å². The molecule has 0 bridgehead atoms. The van der Waals surface area contributed by atoms with E-state index in [4.69, 9.17) is 0 Å². The zero-order chi connectivity index (χ0) is 16.3. The highest BCUT2D eigenvalue weighted by Gasteiger charge is 2.46. The van der Waals surface area contributed by atoms with E-state index in [9.17, 15) is 9.59 Å². The minimum atomic E-state index is -0.579. The van der Waals surface area contributed by atoms with Crippen LogP contribution in [0.2, 0.25) is 0 Å². The second kappa shape index (κ2) is 6.37. The van der Waals surface area contributed by atoms with E-state index in [-0.39, 0.29) is 11.8 Å². The Balaban J connectivity index is 1.95. The Morgan fingerprint density at radius 3 is 2.17 bits per heavy atom. The molecule has 0 spiro atoms. The van der Waals surface area contributed by atoms with E-state index in [1.807, 2.05) is 67.6 Å². The molecule has 1 saturated heterocycles. The van der Waals surface area contributed by atoms with E-state index < -0.39 is 5.41 Å². The lowest BCUT2D eigenvalue weighted by Gasteiger charge is -2.40. The van der Waals surface area contributed by atoms with Gasteiger partial charge in [-0.15, -0.1) is 0 Å². The quantitative estimate of drug-likeness (QED) is 0.808. The van der Waals surface area contributed by atoms with Gasteiger partial charge in [-0.3, -0.25) is 14.5 Å². The standard InChI is InChI=1S/C20H21NO2/c1-2-20(17-11-7-4-8-12-17)14-13-18(22)21(19(20)23)15-16-9-5-3-6-10-16/h3-12H,2,13-15H2,1H3. The number of nitrogens with zero attached hydrogens (tertiary/aromatic N) is 1. The summed E-state index contributed by atoms with van der Waals surface area (Å²) in [5.41, 5.74) is 1.41. The van der Waals surface area contributed by atoms with Gasteiger partial charge in [-0.25, -0.2) is 0 Å². The highest BCUT2D eigenvalue weighted by atomic mass is 16.2. The lowest BCUT2D eigenvalue weighted by Crippen LogP contribution is -2.53. The molecule has 2 aromatic carbocycles. The van der Waals surface area contributed by atoms with E-state index in [0.717, 1.165) is 11.1 Å². The number of benzene rings is 2. The first-order valence-electron chi connectivity index (χ1n) is 8.11. The van der Waals surface area contributed by atoms with Crippen LogP contribution in [-0.4, -0.2) is 16.7 Å². The molecule has 0 saturated carbocycles. The Morgan fingerprint density at radius 1 is 0.957 bits per heavy atom. The van der Waals surface area contributed by atoms with Gasteiger partial charge in [0.05, 0.1) is 12.0 Å². The maximum absolute atomic E-state index is 13.2. The molecule has 1 unspecified atom stereocenters. The van der Waals surface area contributed by atoms with Crippen molar-refractivity contribution in [2.75, 3.05) is 0 Å². The van der Waals surface area contributed by atoms with Crippen LogP contribution in [0.4, 0.5) is 0 Å². The molecule has 1 aliphatic heterocycles. The summed E-state index contributed by atoms with van der Waals surface area (Å²) < 4.78 is 0. The van der Waals surface area contributed by atoms with Crippen LogP contribution in [0.3, 0.4) is 0 Å². The molecule has 23 heavy (non-hydrogen) atoms. The molecule has 1 heterocycles. The van der Waals surface area contributed by atoms with Crippen LogP contribution < -0.4 is 0 Å². The van der Waals surface area contributed by atoms with Crippen LogP contribution in [0.5, 0.6) is 0 Å². The monoisotopic (exact) mass is 307 g/mol. The minimum Gasteiger partial charge on any atom is -0.277 e. The van der Waals surface area contributed by atoms with Gasteiger partial charge in [-0.2, -0.15) is 0 Å². The summed E-state index contributed by atoms with van der Waals surface area (Å²) in [4.78, 5) is 27.0. The number of imide groups is 1. The van der Waals surface area contributed by atoms with Crippen LogP contribution >= 0.6 is 0 Å². The van der Waals surface area contributed by atoms with Gasteiger partial charge in [0, 0.05) is 6.42 Å². The number of rotatable bonds is 4. The Bertz CT molecular complexity index is 696. The average Bonchev–Trinajstić information content (AvgIpc) is 2.61. The number of carbonyl (C=O) groups excluding carboxylic acids is 2. The fraction of sp³-hybridized carbons (Fsp3) is 0.300. The molecular formula is C20H21NO2. The van der Waals surface area contributed by atoms with Crippen molar-refractivity contribution in [3.05, 3.63) is 71.8 Å². The van der Waals surface area contributed by atoms with E-state index in [0.29, 0.717) is 25.8 Å². The van der Waals surface area contributed by atoms with Gasteiger partial charge < -0.3 is 0 Å². The normalized spacial score (nSPS) is 21.5. The summed E-state index contributed by atoms with van der Waals surface area (Å²) in [6.07, 6.45) is 1.71. The summed E-state index contributed by atoms with van der Waals surface area (Å²) in [5.74, 6) is -0.134. The van der Waals surface area contributed by atoms with Gasteiger partial charge in [-0.1, -0.05) is 67.6 Å². The Hall–Kier alpha value is -2.42. The molecule has 3 heteroatoms. The topological polar surface area (TPSA) is 37.4 Å². The highest BCUT2D eigenvalue weighted by Crippen LogP contribution is 2.39. The van der Waals surface area contributed by atoms with Crippen LogP contribution in [-0.2, 0) is 21.5 Å². The first kappa shape index (κ1) is 15.5. The fourth-order valence-corrected chi connectivity index (χ4v) is 3.42. The van der Waals surface area contributed by atoms with E-state index >= 15 is 0 Å². The maximum Gasteiger partial charge on any atom is 0.240 e. The summed E-state index contributed by atoms with van der Waals surface area (Å²) in [5, 5.41) is 0. The zero-order valence-corrected chi connectivity index (χ0v) is 13.4. The van der Waals surface area contributed by atoms with Gasteiger partial charge in [-0.05, 0) is 24.0 Å². The molecule has 1 aliphatic rings. The third-order valence-electron chi connectivity index (χ3n) is 4.83. The van der Waals surface area contributed by atoms with Crippen molar-refractivity contribution >= 4 is 11.8 Å². The smallest absolute Gasteiger partial charge is 0.240 e. The average molecular weight is 307 g/mol. The number of piperidine rings is 1. The predicted molar refractivity (Wildman–Crippen MR) is 89.6 cm³/mol. The lowest BCUT2D eigenvalue weighted by molar-refractivity contribution is -0.154. The zero-order valence-electron chi connectivity index (χ0n) is 13.4. The van der Waals surface area contributed by atoms with Gasteiger partial charge in [0.15, 0.2) is 0 Å². The van der Waals surface area contributed by atoms with Crippen molar-refractivity contribution in [2.45, 2.75) is 38.1 Å². The molecular weight excluding hydrogens is 286 g/mol. The number of likely N-dealkylation sites (tertiary alicyclic amines) is 1. The summed E-state index contributed by atoms with van der Waals surface area (Å²) >= 11 is 0. The molecule has 3 rings (SSSR count). The van der Waals surface area contributed by atoms with Crippen molar-refractivity contribution in [3.8, 4) is 0 Å². The Morgan fingerprint density at radius 2 is 1.57 bits per heavy atom. The van der Waals surface area contributed by atoms with Crippen LogP contribution in [0, 0.1) is 0 Å². The molecule has 118 valence electrons. The van der Waals surface area contributed by atoms with Gasteiger partial charge >= 0.3 is 0 Å². The molecule has 0 aliphatic carbocycles. The molecule has 2 amide bonds. The van der Waals surface area contributed by atoms with Crippen LogP contribution in [0.25, 0.3) is 0 Å². The number of carbonyl (C=O) groups is 2. The SMILES string of the molecule is CCC1(c2ccccc2)CCC(=O)N(Cc2ccccc2)C1=O. The molecule has 1 atom stereocenters. The van der Waals surface area contributed by atoms with Crippen molar-refractivity contribution in [1.29, 1.82) is 0 Å². The first-order valence-corrected chi connectivity index (χ1v) is 8.11. The van der Waals surface area contributed by atoms with E-state index in [2.05, 4.69) is 0 Å². The van der Waals surface area contributed by atoms with E-state index in [1.54, 1.807) is 0 Å². The second-order valence-corrected chi connectivity index (χ2v) is 6.07. The van der Waals surface area contributed by atoms with E-state index in [1.165, 1.54) is 4.90 Å². The summed E-state index contributed by atoms with van der Waals surface area (Å²) in [7, 11) is 0. The van der Waals surface area contributed by atoms with Crippen molar-refractivity contribution in [3.63, 3.8) is 0 Å². The molecule has 0 aromatic heterocycles. The molecule has 1 fully saturated rings. The summed E-state index contributed by atoms with van der Waals surface area (Å²) in [6.45, 7) is 2.38. The van der Waals surface area contributed by atoms with Crippen molar-refractivity contribution < 1.29 is 9.59 Å². The molecule has 0 N–H and O–H groups in total. The fourth-order valence-electron chi connectivity index (χ4n) is 3.42. The minimum absolute atomic E-state index is 0.0636. The van der Waals surface area contributed by atoms with Crippen molar-refractivity contribution in [1.82, 2.24) is 4.90 Å². The van der Waals surface area contributed by atoms with Crippen LogP contribution in [0.1, 0.15) is 37.3 Å². The third kappa shape index (κ3) is 2.79. The van der Waals surface area contributed by atoms with Gasteiger partial charge in [0.1, 0.15) is 0 Å². The summed E-state index contributed by atoms with van der Waals surface area (Å²) in [6, 6.07) is 19.6. The Kier molecular flexibility index (Phi) is 4.28. The highest BCUT2D eigenvalue weighted by molar-refractivity contribution is 6.03. The second-order valence-electron chi connectivity index (χ2n) is 6.07. The molecule has 3 nitrogen and oxygen atoms in total. The van der Waals surface area contributed by atoms with Crippen LogP contribution in [0.15, 0.2) is 60.7 Å². The number of hydrogen-bond donors (Lipinski definition) is 0. The maximum atomic E-state index is 13.2. The number of amides is 2. The largest absolute Gasteiger partial charge is 0.277 e. The van der Waals surface area contributed by atoms with Crippen molar-refractivity contribution in [2.24, 2.45) is 0 Å². The van der Waals surface area contributed by atoms with Gasteiger partial charge in [0.25, 0.3) is 0 Å². The lowest BCUT2D eigenvalue weighted by atomic mass is 9.71. The molecule has 2 aromatic rings. The number of hydrogen-bond acceptors (Lipinski definition) is 2. The molecule has 0 radical (unpaired) electrons. The first-order chi connectivity index (χ1) is 11.2. The third-order valence-corrected chi connectivity index (χ3v) is 4.83. The predicted octanol–water partition coefficient (Wildman–Crippen LogP) is 3.68.